The molecule has 0 bridgehead atoms. The molecular weight excluding hydrogens is 144 g/mol. The van der Waals surface area contributed by atoms with Crippen LogP contribution in [0.25, 0.3) is 0 Å². The maximum absolute atomic E-state index is 5.74. The molecule has 0 radical (unpaired) electrons. The lowest BCUT2D eigenvalue weighted by atomic mass is 10.1. The number of ether oxygens (including phenoxy) is 2. The SMILES string of the molecule is COCCC(N)C(CN)OC. The summed E-state index contributed by atoms with van der Waals surface area (Å²) in [5, 5.41) is 0. The average molecular weight is 162 g/mol. The Kier molecular flexibility index (Phi) is 6.45. The molecule has 11 heavy (non-hydrogen) atoms. The van der Waals surface area contributed by atoms with E-state index in [0.717, 1.165) is 6.42 Å². The summed E-state index contributed by atoms with van der Waals surface area (Å²) in [5.41, 5.74) is 11.2. The van der Waals surface area contributed by atoms with Crippen LogP contribution in [-0.4, -0.2) is 39.5 Å². The van der Waals surface area contributed by atoms with Crippen molar-refractivity contribution in [2.24, 2.45) is 11.5 Å². The molecule has 0 aliphatic rings. The van der Waals surface area contributed by atoms with Gasteiger partial charge in [-0.25, -0.2) is 0 Å². The van der Waals surface area contributed by atoms with Crippen LogP contribution in [0.3, 0.4) is 0 Å². The van der Waals surface area contributed by atoms with Crippen LogP contribution in [0, 0.1) is 0 Å². The summed E-state index contributed by atoms with van der Waals surface area (Å²) in [6.45, 7) is 1.11. The van der Waals surface area contributed by atoms with E-state index in [4.69, 9.17) is 20.9 Å². The van der Waals surface area contributed by atoms with Crippen molar-refractivity contribution in [3.05, 3.63) is 0 Å². The van der Waals surface area contributed by atoms with Gasteiger partial charge in [0.2, 0.25) is 0 Å². The van der Waals surface area contributed by atoms with E-state index in [1.54, 1.807) is 14.2 Å². The van der Waals surface area contributed by atoms with E-state index >= 15 is 0 Å². The van der Waals surface area contributed by atoms with Gasteiger partial charge in [0.15, 0.2) is 0 Å². The summed E-state index contributed by atoms with van der Waals surface area (Å²) in [6, 6.07) is -0.0232. The lowest BCUT2D eigenvalue weighted by Crippen LogP contribution is -2.41. The van der Waals surface area contributed by atoms with Gasteiger partial charge in [-0.2, -0.15) is 0 Å². The maximum atomic E-state index is 5.74. The molecular formula is C7H18N2O2. The van der Waals surface area contributed by atoms with Gasteiger partial charge in [0.25, 0.3) is 0 Å². The molecule has 68 valence electrons. The Labute approximate surface area is 67.8 Å². The Morgan fingerprint density at radius 1 is 1.36 bits per heavy atom. The Hall–Kier alpha value is -0.160. The molecule has 0 saturated heterocycles. The summed E-state index contributed by atoms with van der Waals surface area (Å²) in [4.78, 5) is 0. The molecule has 0 aliphatic carbocycles. The number of methoxy groups -OCH3 is 2. The molecule has 2 atom stereocenters. The molecule has 0 heterocycles. The van der Waals surface area contributed by atoms with Crippen molar-refractivity contribution in [2.45, 2.75) is 18.6 Å². The minimum atomic E-state index is -0.0508. The standard InChI is InChI=1S/C7H18N2O2/c1-10-4-3-6(9)7(5-8)11-2/h6-7H,3-5,8-9H2,1-2H3. The molecule has 0 saturated carbocycles. The Morgan fingerprint density at radius 2 is 2.00 bits per heavy atom. The third-order valence-electron chi connectivity index (χ3n) is 1.67. The highest BCUT2D eigenvalue weighted by molar-refractivity contribution is 4.73. The van der Waals surface area contributed by atoms with Crippen molar-refractivity contribution in [3.8, 4) is 0 Å². The maximum Gasteiger partial charge on any atom is 0.0844 e. The van der Waals surface area contributed by atoms with Gasteiger partial charge in [0.1, 0.15) is 0 Å². The van der Waals surface area contributed by atoms with Gasteiger partial charge in [-0.1, -0.05) is 0 Å². The van der Waals surface area contributed by atoms with Gasteiger partial charge in [0.05, 0.1) is 6.10 Å². The third-order valence-corrected chi connectivity index (χ3v) is 1.67. The molecule has 4 heteroatoms. The predicted octanol–water partition coefficient (Wildman–Crippen LogP) is -0.676. The first-order chi connectivity index (χ1) is 5.26. The van der Waals surface area contributed by atoms with E-state index in [1.165, 1.54) is 0 Å². The zero-order valence-corrected chi connectivity index (χ0v) is 7.25. The van der Waals surface area contributed by atoms with Crippen molar-refractivity contribution >= 4 is 0 Å². The Morgan fingerprint density at radius 3 is 2.36 bits per heavy atom. The lowest BCUT2D eigenvalue weighted by Gasteiger charge is -2.20. The average Bonchev–Trinajstić information content (AvgIpc) is 2.03. The van der Waals surface area contributed by atoms with Gasteiger partial charge in [-0.05, 0) is 6.42 Å². The molecule has 0 fully saturated rings. The topological polar surface area (TPSA) is 70.5 Å². The molecule has 0 aromatic heterocycles. The Balaban J connectivity index is 3.51. The zero-order chi connectivity index (χ0) is 8.69. The van der Waals surface area contributed by atoms with E-state index in [0.29, 0.717) is 13.2 Å². The highest BCUT2D eigenvalue weighted by atomic mass is 16.5. The molecule has 0 spiro atoms. The summed E-state index contributed by atoms with van der Waals surface area (Å²) in [6.07, 6.45) is 0.733. The van der Waals surface area contributed by atoms with E-state index in [-0.39, 0.29) is 12.1 Å². The van der Waals surface area contributed by atoms with Crippen LogP contribution in [0.15, 0.2) is 0 Å². The van der Waals surface area contributed by atoms with E-state index < -0.39 is 0 Å². The minimum absolute atomic E-state index is 0.0232. The number of rotatable bonds is 6. The molecule has 4 nitrogen and oxygen atoms in total. The summed E-state index contributed by atoms with van der Waals surface area (Å²) < 4.78 is 9.93. The van der Waals surface area contributed by atoms with Crippen LogP contribution >= 0.6 is 0 Å². The van der Waals surface area contributed by atoms with Crippen molar-refractivity contribution in [1.82, 2.24) is 0 Å². The number of hydrogen-bond acceptors (Lipinski definition) is 4. The van der Waals surface area contributed by atoms with Gasteiger partial charge in [0, 0.05) is 33.4 Å². The Bertz CT molecular complexity index is 86.5. The second kappa shape index (κ2) is 6.54. The molecule has 0 amide bonds. The van der Waals surface area contributed by atoms with Crippen molar-refractivity contribution in [1.29, 1.82) is 0 Å². The highest BCUT2D eigenvalue weighted by Gasteiger charge is 2.14. The number of hydrogen-bond donors (Lipinski definition) is 2. The van der Waals surface area contributed by atoms with Gasteiger partial charge < -0.3 is 20.9 Å². The summed E-state index contributed by atoms with van der Waals surface area (Å²) in [7, 11) is 3.27. The van der Waals surface area contributed by atoms with Crippen LogP contribution in [0.5, 0.6) is 0 Å². The lowest BCUT2D eigenvalue weighted by molar-refractivity contribution is 0.0733. The predicted molar refractivity (Wildman–Crippen MR) is 44.3 cm³/mol. The van der Waals surface area contributed by atoms with Crippen molar-refractivity contribution < 1.29 is 9.47 Å². The fourth-order valence-corrected chi connectivity index (χ4v) is 0.886. The van der Waals surface area contributed by atoms with Crippen LogP contribution in [0.2, 0.25) is 0 Å². The summed E-state index contributed by atoms with van der Waals surface area (Å²) in [5.74, 6) is 0. The first-order valence-corrected chi connectivity index (χ1v) is 3.73. The molecule has 2 unspecified atom stereocenters. The normalized spacial score (nSPS) is 16.4. The van der Waals surface area contributed by atoms with Crippen LogP contribution < -0.4 is 11.5 Å². The summed E-state index contributed by atoms with van der Waals surface area (Å²) >= 11 is 0. The first-order valence-electron chi connectivity index (χ1n) is 3.73. The largest absolute Gasteiger partial charge is 0.385 e. The quantitative estimate of drug-likeness (QED) is 0.543. The molecule has 0 aromatic carbocycles. The van der Waals surface area contributed by atoms with E-state index in [2.05, 4.69) is 0 Å². The smallest absolute Gasteiger partial charge is 0.0844 e. The third kappa shape index (κ3) is 4.31. The zero-order valence-electron chi connectivity index (χ0n) is 7.25. The van der Waals surface area contributed by atoms with Gasteiger partial charge >= 0.3 is 0 Å². The van der Waals surface area contributed by atoms with Crippen LogP contribution in [0.4, 0.5) is 0 Å². The second-order valence-corrected chi connectivity index (χ2v) is 2.46. The number of nitrogens with two attached hydrogens (primary N) is 2. The van der Waals surface area contributed by atoms with Crippen molar-refractivity contribution in [3.63, 3.8) is 0 Å². The molecule has 4 N–H and O–H groups in total. The monoisotopic (exact) mass is 162 g/mol. The van der Waals surface area contributed by atoms with Crippen LogP contribution in [0.1, 0.15) is 6.42 Å². The molecule has 0 rings (SSSR count). The van der Waals surface area contributed by atoms with Crippen molar-refractivity contribution in [2.75, 3.05) is 27.4 Å². The molecule has 0 aliphatic heterocycles. The van der Waals surface area contributed by atoms with E-state index in [9.17, 15) is 0 Å². The van der Waals surface area contributed by atoms with Crippen LogP contribution in [-0.2, 0) is 9.47 Å². The fraction of sp³-hybridized carbons (Fsp3) is 1.00. The minimum Gasteiger partial charge on any atom is -0.385 e. The molecule has 0 aromatic rings. The van der Waals surface area contributed by atoms with E-state index in [1.807, 2.05) is 0 Å². The second-order valence-electron chi connectivity index (χ2n) is 2.46. The fourth-order valence-electron chi connectivity index (χ4n) is 0.886. The van der Waals surface area contributed by atoms with Gasteiger partial charge in [-0.15, -0.1) is 0 Å². The van der Waals surface area contributed by atoms with Gasteiger partial charge in [-0.3, -0.25) is 0 Å². The highest BCUT2D eigenvalue weighted by Crippen LogP contribution is 1.98. The first kappa shape index (κ1) is 10.8.